The minimum Gasteiger partial charge on any atom is -0.389 e. The fourth-order valence-corrected chi connectivity index (χ4v) is 3.08. The van der Waals surface area contributed by atoms with Crippen LogP contribution < -0.4 is 11.1 Å². The SMILES string of the molecule is CC(CCS(C)=O)Nc1ccc(C(N)=S)c(Br)c1F. The van der Waals surface area contributed by atoms with Gasteiger partial charge in [0, 0.05) is 34.4 Å². The number of benzene rings is 1. The first-order valence-corrected chi connectivity index (χ1v) is 8.60. The molecule has 0 aliphatic heterocycles. The normalized spacial score (nSPS) is 13.9. The number of hydrogen-bond donors (Lipinski definition) is 2. The third kappa shape index (κ3) is 4.81. The van der Waals surface area contributed by atoms with E-state index < -0.39 is 16.6 Å². The molecule has 7 heteroatoms. The lowest BCUT2D eigenvalue weighted by atomic mass is 10.1. The zero-order valence-corrected chi connectivity index (χ0v) is 13.9. The predicted molar refractivity (Wildman–Crippen MR) is 86.6 cm³/mol. The van der Waals surface area contributed by atoms with Crippen molar-refractivity contribution in [1.29, 1.82) is 0 Å². The fraction of sp³-hybridized carbons (Fsp3) is 0.417. The van der Waals surface area contributed by atoms with Gasteiger partial charge in [-0.05, 0) is 41.4 Å². The zero-order chi connectivity index (χ0) is 14.6. The zero-order valence-electron chi connectivity index (χ0n) is 10.7. The highest BCUT2D eigenvalue weighted by atomic mass is 79.9. The maximum Gasteiger partial charge on any atom is 0.161 e. The van der Waals surface area contributed by atoms with Crippen LogP contribution in [0.5, 0.6) is 0 Å². The van der Waals surface area contributed by atoms with E-state index in [1.54, 1.807) is 18.4 Å². The number of thiocarbonyl (C=S) groups is 1. The van der Waals surface area contributed by atoms with Gasteiger partial charge in [0.2, 0.25) is 0 Å². The van der Waals surface area contributed by atoms with E-state index in [1.807, 2.05) is 6.92 Å². The molecular weight excluding hydrogens is 351 g/mol. The Morgan fingerprint density at radius 1 is 1.63 bits per heavy atom. The Morgan fingerprint density at radius 3 is 2.79 bits per heavy atom. The summed E-state index contributed by atoms with van der Waals surface area (Å²) in [7, 11) is -0.840. The molecule has 2 unspecified atom stereocenters. The number of halogens is 2. The van der Waals surface area contributed by atoms with Crippen LogP contribution in [0.1, 0.15) is 18.9 Å². The summed E-state index contributed by atoms with van der Waals surface area (Å²) in [5.74, 6) is 0.164. The van der Waals surface area contributed by atoms with Gasteiger partial charge in [0.1, 0.15) is 4.99 Å². The van der Waals surface area contributed by atoms with Crippen molar-refractivity contribution < 1.29 is 8.60 Å². The second-order valence-corrected chi connectivity index (χ2v) is 7.05. The molecule has 0 spiro atoms. The molecule has 2 atom stereocenters. The van der Waals surface area contributed by atoms with Crippen molar-refractivity contribution in [1.82, 2.24) is 0 Å². The van der Waals surface area contributed by atoms with Crippen LogP contribution in [0.3, 0.4) is 0 Å². The lowest BCUT2D eigenvalue weighted by Gasteiger charge is -2.16. The highest BCUT2D eigenvalue weighted by molar-refractivity contribution is 9.10. The first-order chi connectivity index (χ1) is 8.82. The summed E-state index contributed by atoms with van der Waals surface area (Å²) in [6.45, 7) is 1.92. The Hall–Kier alpha value is -0.530. The highest BCUT2D eigenvalue weighted by Gasteiger charge is 2.14. The minimum absolute atomic E-state index is 0.0287. The van der Waals surface area contributed by atoms with E-state index in [-0.39, 0.29) is 15.5 Å². The van der Waals surface area contributed by atoms with E-state index in [0.29, 0.717) is 23.4 Å². The smallest absolute Gasteiger partial charge is 0.161 e. The van der Waals surface area contributed by atoms with E-state index in [2.05, 4.69) is 21.2 Å². The molecule has 0 fully saturated rings. The van der Waals surface area contributed by atoms with Gasteiger partial charge < -0.3 is 11.1 Å². The van der Waals surface area contributed by atoms with Crippen LogP contribution in [0.4, 0.5) is 10.1 Å². The van der Waals surface area contributed by atoms with Gasteiger partial charge in [0.25, 0.3) is 0 Å². The van der Waals surface area contributed by atoms with Gasteiger partial charge in [-0.1, -0.05) is 12.2 Å². The monoisotopic (exact) mass is 366 g/mol. The van der Waals surface area contributed by atoms with E-state index in [9.17, 15) is 8.60 Å². The summed E-state index contributed by atoms with van der Waals surface area (Å²) in [4.78, 5) is 0.145. The molecular formula is C12H16BrFN2OS2. The second-order valence-electron chi connectivity index (χ2n) is 4.26. The number of nitrogens with two attached hydrogens (primary N) is 1. The molecule has 1 aromatic rings. The molecule has 0 saturated heterocycles. The van der Waals surface area contributed by atoms with Crippen molar-refractivity contribution in [2.24, 2.45) is 5.73 Å². The Bertz CT molecular complexity index is 511. The van der Waals surface area contributed by atoms with Gasteiger partial charge >= 0.3 is 0 Å². The van der Waals surface area contributed by atoms with E-state index in [0.717, 1.165) is 0 Å². The molecule has 0 saturated carbocycles. The van der Waals surface area contributed by atoms with Crippen molar-refractivity contribution in [3.63, 3.8) is 0 Å². The topological polar surface area (TPSA) is 55.1 Å². The van der Waals surface area contributed by atoms with Crippen molar-refractivity contribution in [3.05, 3.63) is 28.0 Å². The maximum atomic E-state index is 14.1. The summed E-state index contributed by atoms with van der Waals surface area (Å²) in [5.41, 5.74) is 6.35. The molecule has 0 heterocycles. The summed E-state index contributed by atoms with van der Waals surface area (Å²) in [6.07, 6.45) is 2.36. The van der Waals surface area contributed by atoms with Crippen LogP contribution in [0.2, 0.25) is 0 Å². The number of rotatable bonds is 6. The van der Waals surface area contributed by atoms with Crippen molar-refractivity contribution in [3.8, 4) is 0 Å². The lowest BCUT2D eigenvalue weighted by Crippen LogP contribution is -2.19. The molecule has 106 valence electrons. The van der Waals surface area contributed by atoms with Gasteiger partial charge in [0.05, 0.1) is 10.2 Å². The van der Waals surface area contributed by atoms with Gasteiger partial charge in [-0.15, -0.1) is 0 Å². The Labute approximate surface area is 128 Å². The highest BCUT2D eigenvalue weighted by Crippen LogP contribution is 2.27. The Kier molecular flexibility index (Phi) is 6.35. The summed E-state index contributed by atoms with van der Waals surface area (Å²) in [6, 6.07) is 3.30. The molecule has 3 N–H and O–H groups in total. The van der Waals surface area contributed by atoms with E-state index >= 15 is 0 Å². The average Bonchev–Trinajstić information content (AvgIpc) is 2.32. The standard InChI is InChI=1S/C12H16BrFN2OS2/c1-7(5-6-19(2)17)16-9-4-3-8(12(15)18)10(13)11(9)14/h3-4,7,16H,5-6H2,1-2H3,(H2,15,18). The van der Waals surface area contributed by atoms with Gasteiger partial charge in [-0.25, -0.2) is 4.39 Å². The van der Waals surface area contributed by atoms with Crippen molar-refractivity contribution >= 4 is 49.6 Å². The molecule has 19 heavy (non-hydrogen) atoms. The van der Waals surface area contributed by atoms with Crippen LogP contribution in [-0.2, 0) is 10.8 Å². The number of hydrogen-bond acceptors (Lipinski definition) is 3. The Morgan fingerprint density at radius 2 is 2.26 bits per heavy atom. The minimum atomic E-state index is -0.840. The third-order valence-corrected chi connectivity index (χ3v) is 4.39. The molecule has 0 aliphatic rings. The summed E-state index contributed by atoms with van der Waals surface area (Å²) >= 11 is 7.99. The van der Waals surface area contributed by atoms with Crippen molar-refractivity contribution in [2.45, 2.75) is 19.4 Å². The molecule has 0 amide bonds. The number of nitrogens with one attached hydrogen (secondary N) is 1. The average molecular weight is 367 g/mol. The van der Waals surface area contributed by atoms with Crippen LogP contribution >= 0.6 is 28.1 Å². The Balaban J connectivity index is 2.82. The maximum absolute atomic E-state index is 14.1. The summed E-state index contributed by atoms with van der Waals surface area (Å²) < 4.78 is 25.4. The largest absolute Gasteiger partial charge is 0.389 e. The quantitative estimate of drug-likeness (QED) is 0.760. The van der Waals surface area contributed by atoms with Crippen LogP contribution in [0, 0.1) is 5.82 Å². The van der Waals surface area contributed by atoms with Gasteiger partial charge in [-0.3, -0.25) is 4.21 Å². The van der Waals surface area contributed by atoms with Crippen molar-refractivity contribution in [2.75, 3.05) is 17.3 Å². The van der Waals surface area contributed by atoms with Gasteiger partial charge in [-0.2, -0.15) is 0 Å². The first-order valence-electron chi connectivity index (χ1n) is 5.67. The van der Waals surface area contributed by atoms with Crippen LogP contribution in [-0.4, -0.2) is 27.2 Å². The number of anilines is 1. The molecule has 0 aromatic heterocycles. The third-order valence-electron chi connectivity index (χ3n) is 2.59. The predicted octanol–water partition coefficient (Wildman–Crippen LogP) is 2.79. The fourth-order valence-electron chi connectivity index (χ4n) is 1.53. The van der Waals surface area contributed by atoms with E-state index in [1.165, 1.54) is 0 Å². The first kappa shape index (κ1) is 16.5. The lowest BCUT2D eigenvalue weighted by molar-refractivity contribution is 0.618. The van der Waals surface area contributed by atoms with E-state index in [4.69, 9.17) is 18.0 Å². The molecule has 0 bridgehead atoms. The molecule has 0 radical (unpaired) electrons. The molecule has 1 aromatic carbocycles. The molecule has 1 rings (SSSR count). The second kappa shape index (κ2) is 7.31. The summed E-state index contributed by atoms with van der Waals surface area (Å²) in [5, 5.41) is 3.05. The van der Waals surface area contributed by atoms with Crippen LogP contribution in [0.15, 0.2) is 16.6 Å². The molecule has 0 aliphatic carbocycles. The van der Waals surface area contributed by atoms with Crippen LogP contribution in [0.25, 0.3) is 0 Å². The molecule has 3 nitrogen and oxygen atoms in total. The van der Waals surface area contributed by atoms with Gasteiger partial charge in [0.15, 0.2) is 5.82 Å².